The second kappa shape index (κ2) is 6.38. The van der Waals surface area contributed by atoms with E-state index in [1.807, 2.05) is 6.07 Å². The molecule has 124 valence electrons. The van der Waals surface area contributed by atoms with Gasteiger partial charge < -0.3 is 14.9 Å². The second-order valence-electron chi connectivity index (χ2n) is 7.32. The number of hydrogen-bond acceptors (Lipinski definition) is 5. The van der Waals surface area contributed by atoms with Crippen molar-refractivity contribution in [2.75, 3.05) is 20.1 Å². The number of amides is 1. The lowest BCUT2D eigenvalue weighted by Crippen LogP contribution is -2.49. The maximum absolute atomic E-state index is 11.5. The van der Waals surface area contributed by atoms with E-state index in [4.69, 9.17) is 4.52 Å². The molecule has 0 radical (unpaired) electrons. The lowest BCUT2D eigenvalue weighted by atomic mass is 9.89. The fourth-order valence-electron chi connectivity index (χ4n) is 2.84. The van der Waals surface area contributed by atoms with E-state index in [-0.39, 0.29) is 17.7 Å². The molecule has 1 aromatic rings. The van der Waals surface area contributed by atoms with E-state index in [0.29, 0.717) is 19.5 Å². The first-order chi connectivity index (χ1) is 10.2. The van der Waals surface area contributed by atoms with Crippen molar-refractivity contribution in [2.24, 2.45) is 0 Å². The van der Waals surface area contributed by atoms with Gasteiger partial charge in [-0.15, -0.1) is 0 Å². The van der Waals surface area contributed by atoms with E-state index in [9.17, 15) is 9.90 Å². The molecule has 2 N–H and O–H groups in total. The van der Waals surface area contributed by atoms with Gasteiger partial charge in [-0.25, -0.2) is 0 Å². The van der Waals surface area contributed by atoms with Gasteiger partial charge in [0.15, 0.2) is 0 Å². The van der Waals surface area contributed by atoms with Crippen LogP contribution in [0.1, 0.15) is 51.5 Å². The van der Waals surface area contributed by atoms with Gasteiger partial charge in [-0.05, 0) is 19.4 Å². The van der Waals surface area contributed by atoms with E-state index in [0.717, 1.165) is 24.4 Å². The van der Waals surface area contributed by atoms with Crippen LogP contribution in [0.3, 0.4) is 0 Å². The molecule has 6 nitrogen and oxygen atoms in total. The molecular weight excluding hydrogens is 282 g/mol. The Balaban J connectivity index is 1.98. The Morgan fingerprint density at radius 2 is 2.27 bits per heavy atom. The molecule has 2 heterocycles. The van der Waals surface area contributed by atoms with Gasteiger partial charge in [-0.2, -0.15) is 0 Å². The number of β-amino-alcohol motifs (C(OH)–C–C–N with tert-alkyl or cyclic N) is 1. The summed E-state index contributed by atoms with van der Waals surface area (Å²) in [6.45, 7) is 8.27. The van der Waals surface area contributed by atoms with Crippen molar-refractivity contribution in [3.63, 3.8) is 0 Å². The van der Waals surface area contributed by atoms with E-state index in [1.165, 1.54) is 0 Å². The summed E-state index contributed by atoms with van der Waals surface area (Å²) in [5, 5.41) is 17.3. The standard InChI is InChI=1S/C16H27N3O3/c1-15(2,3)13-8-12(18-22-13)10-19-7-5-6-16(21,11-19)9-14(20)17-4/h8,21H,5-7,9-11H2,1-4H3,(H,17,20). The van der Waals surface area contributed by atoms with Gasteiger partial charge in [0, 0.05) is 31.6 Å². The largest absolute Gasteiger partial charge is 0.388 e. The number of piperidine rings is 1. The molecule has 1 atom stereocenters. The van der Waals surface area contributed by atoms with Crippen LogP contribution < -0.4 is 5.32 Å². The third kappa shape index (κ3) is 4.30. The summed E-state index contributed by atoms with van der Waals surface area (Å²) in [5.41, 5.74) is -0.142. The molecule has 0 saturated carbocycles. The predicted molar refractivity (Wildman–Crippen MR) is 83.3 cm³/mol. The highest BCUT2D eigenvalue weighted by Gasteiger charge is 2.35. The molecule has 6 heteroatoms. The normalized spacial score (nSPS) is 23.5. The molecule has 0 spiro atoms. The Morgan fingerprint density at radius 3 is 2.86 bits per heavy atom. The maximum atomic E-state index is 11.5. The van der Waals surface area contributed by atoms with Crippen LogP contribution >= 0.6 is 0 Å². The van der Waals surface area contributed by atoms with Crippen molar-refractivity contribution in [3.8, 4) is 0 Å². The van der Waals surface area contributed by atoms with E-state index in [1.54, 1.807) is 7.05 Å². The maximum Gasteiger partial charge on any atom is 0.222 e. The lowest BCUT2D eigenvalue weighted by molar-refractivity contribution is -0.128. The molecular formula is C16H27N3O3. The van der Waals surface area contributed by atoms with Crippen molar-refractivity contribution in [3.05, 3.63) is 17.5 Å². The predicted octanol–water partition coefficient (Wildman–Crippen LogP) is 1.44. The molecule has 1 aliphatic heterocycles. The number of carbonyl (C=O) groups is 1. The molecule has 0 aliphatic carbocycles. The Morgan fingerprint density at radius 1 is 1.55 bits per heavy atom. The van der Waals surface area contributed by atoms with Crippen LogP contribution in [0.5, 0.6) is 0 Å². The van der Waals surface area contributed by atoms with Crippen LogP contribution in [0.25, 0.3) is 0 Å². The van der Waals surface area contributed by atoms with Gasteiger partial charge in [0.05, 0.1) is 17.7 Å². The quantitative estimate of drug-likeness (QED) is 0.880. The van der Waals surface area contributed by atoms with Crippen molar-refractivity contribution in [2.45, 2.75) is 57.6 Å². The molecule has 2 rings (SSSR count). The highest BCUT2D eigenvalue weighted by molar-refractivity contribution is 5.76. The second-order valence-corrected chi connectivity index (χ2v) is 7.32. The zero-order valence-electron chi connectivity index (χ0n) is 14.0. The summed E-state index contributed by atoms with van der Waals surface area (Å²) in [4.78, 5) is 13.7. The van der Waals surface area contributed by atoms with Crippen molar-refractivity contribution in [1.29, 1.82) is 0 Å². The number of aliphatic hydroxyl groups is 1. The molecule has 0 aromatic carbocycles. The number of nitrogens with zero attached hydrogens (tertiary/aromatic N) is 2. The van der Waals surface area contributed by atoms with E-state index < -0.39 is 5.60 Å². The van der Waals surface area contributed by atoms with E-state index >= 15 is 0 Å². The summed E-state index contributed by atoms with van der Waals surface area (Å²) in [7, 11) is 1.59. The Hall–Kier alpha value is -1.40. The molecule has 1 fully saturated rings. The minimum absolute atomic E-state index is 0.0624. The van der Waals surface area contributed by atoms with Crippen molar-refractivity contribution >= 4 is 5.91 Å². The van der Waals surface area contributed by atoms with Gasteiger partial charge in [0.25, 0.3) is 0 Å². The highest BCUT2D eigenvalue weighted by Crippen LogP contribution is 2.27. The molecule has 1 unspecified atom stereocenters. The minimum atomic E-state index is -0.949. The summed E-state index contributed by atoms with van der Waals surface area (Å²) >= 11 is 0. The van der Waals surface area contributed by atoms with Crippen molar-refractivity contribution < 1.29 is 14.4 Å². The first kappa shape index (κ1) is 17.0. The number of hydrogen-bond donors (Lipinski definition) is 2. The first-order valence-electron chi connectivity index (χ1n) is 7.83. The average molecular weight is 309 g/mol. The molecule has 1 aliphatic rings. The summed E-state index contributed by atoms with van der Waals surface area (Å²) in [6, 6.07) is 1.98. The van der Waals surface area contributed by atoms with Crippen LogP contribution in [0.2, 0.25) is 0 Å². The summed E-state index contributed by atoms with van der Waals surface area (Å²) in [6.07, 6.45) is 1.67. The molecule has 1 aromatic heterocycles. The lowest BCUT2D eigenvalue weighted by Gasteiger charge is -2.38. The van der Waals surface area contributed by atoms with Crippen LogP contribution in [-0.4, -0.2) is 46.8 Å². The topological polar surface area (TPSA) is 78.6 Å². The third-order valence-corrected chi connectivity index (χ3v) is 4.09. The molecule has 22 heavy (non-hydrogen) atoms. The molecule has 1 saturated heterocycles. The third-order valence-electron chi connectivity index (χ3n) is 4.09. The zero-order valence-corrected chi connectivity index (χ0v) is 14.0. The average Bonchev–Trinajstić information content (AvgIpc) is 2.86. The van der Waals surface area contributed by atoms with Crippen LogP contribution in [0.4, 0.5) is 0 Å². The monoisotopic (exact) mass is 309 g/mol. The number of aromatic nitrogens is 1. The highest BCUT2D eigenvalue weighted by atomic mass is 16.5. The molecule has 0 bridgehead atoms. The molecule has 1 amide bonds. The smallest absolute Gasteiger partial charge is 0.222 e. The SMILES string of the molecule is CNC(=O)CC1(O)CCCN(Cc2cc(C(C)(C)C)on2)C1. The Labute approximate surface area is 131 Å². The van der Waals surface area contributed by atoms with E-state index in [2.05, 4.69) is 36.1 Å². The fraction of sp³-hybridized carbons (Fsp3) is 0.750. The fourth-order valence-corrected chi connectivity index (χ4v) is 2.84. The Bertz CT molecular complexity index is 521. The minimum Gasteiger partial charge on any atom is -0.388 e. The van der Waals surface area contributed by atoms with Gasteiger partial charge in [0.2, 0.25) is 5.91 Å². The van der Waals surface area contributed by atoms with Gasteiger partial charge in [0.1, 0.15) is 5.76 Å². The van der Waals surface area contributed by atoms with Crippen LogP contribution in [0.15, 0.2) is 10.6 Å². The summed E-state index contributed by atoms with van der Waals surface area (Å²) in [5.74, 6) is 0.737. The van der Waals surface area contributed by atoms with Gasteiger partial charge in [-0.3, -0.25) is 9.69 Å². The van der Waals surface area contributed by atoms with Gasteiger partial charge >= 0.3 is 0 Å². The summed E-state index contributed by atoms with van der Waals surface area (Å²) < 4.78 is 5.40. The first-order valence-corrected chi connectivity index (χ1v) is 7.83. The van der Waals surface area contributed by atoms with Gasteiger partial charge in [-0.1, -0.05) is 25.9 Å². The Kier molecular flexibility index (Phi) is 4.92. The zero-order chi connectivity index (χ0) is 16.4. The van der Waals surface area contributed by atoms with Crippen molar-refractivity contribution in [1.82, 2.24) is 15.4 Å². The number of nitrogens with one attached hydrogen (secondary N) is 1. The van der Waals surface area contributed by atoms with Crippen LogP contribution in [0, 0.1) is 0 Å². The van der Waals surface area contributed by atoms with Crippen LogP contribution in [-0.2, 0) is 16.8 Å². The number of likely N-dealkylation sites (tertiary alicyclic amines) is 1. The number of rotatable bonds is 4. The number of carbonyl (C=O) groups excluding carboxylic acids is 1.